The van der Waals surface area contributed by atoms with Crippen LogP contribution < -0.4 is 0 Å². The maximum Gasteiger partial charge on any atom is 0.409 e. The molecule has 16 heavy (non-hydrogen) atoms. The molecule has 0 saturated heterocycles. The highest BCUT2D eigenvalue weighted by Gasteiger charge is 2.20. The molecule has 1 aliphatic rings. The van der Waals surface area contributed by atoms with E-state index in [9.17, 15) is 4.79 Å². The highest BCUT2D eigenvalue weighted by Crippen LogP contribution is 2.20. The number of benzene rings is 1. The number of aliphatic hydroxyl groups excluding tert-OH is 1. The normalized spacial score (nSPS) is 14.5. The Balaban J connectivity index is 2.18. The van der Waals surface area contributed by atoms with Gasteiger partial charge >= 0.3 is 6.09 Å². The molecule has 0 aliphatic carbocycles. The van der Waals surface area contributed by atoms with Crippen LogP contribution >= 0.6 is 0 Å². The van der Waals surface area contributed by atoms with Crippen LogP contribution in [0.2, 0.25) is 0 Å². The van der Waals surface area contributed by atoms with E-state index >= 15 is 0 Å². The average Bonchev–Trinajstić information content (AvgIpc) is 2.36. The number of carbonyl (C=O) groups excluding carboxylic acids is 1. The van der Waals surface area contributed by atoms with E-state index in [1.54, 1.807) is 4.90 Å². The van der Waals surface area contributed by atoms with Gasteiger partial charge in [-0.15, -0.1) is 0 Å². The first-order chi connectivity index (χ1) is 7.74. The lowest BCUT2D eigenvalue weighted by atomic mass is 9.98. The SMILES string of the molecule is COC(=O)N1CCc2cc(CO)ccc2C1. The summed E-state index contributed by atoms with van der Waals surface area (Å²) in [6.45, 7) is 1.33. The third kappa shape index (κ3) is 2.02. The fraction of sp³-hybridized carbons (Fsp3) is 0.417. The summed E-state index contributed by atoms with van der Waals surface area (Å²) in [5.74, 6) is 0. The van der Waals surface area contributed by atoms with Crippen molar-refractivity contribution in [3.05, 3.63) is 34.9 Å². The van der Waals surface area contributed by atoms with Gasteiger partial charge in [-0.1, -0.05) is 18.2 Å². The minimum atomic E-state index is -0.281. The monoisotopic (exact) mass is 221 g/mol. The first-order valence-electron chi connectivity index (χ1n) is 5.29. The number of amides is 1. The standard InChI is InChI=1S/C12H15NO3/c1-16-12(15)13-5-4-10-6-9(8-14)2-3-11(10)7-13/h2-3,6,14H,4-5,7-8H2,1H3. The average molecular weight is 221 g/mol. The van der Waals surface area contributed by atoms with Crippen LogP contribution in [0, 0.1) is 0 Å². The summed E-state index contributed by atoms with van der Waals surface area (Å²) in [4.78, 5) is 13.0. The first-order valence-corrected chi connectivity index (χ1v) is 5.29. The van der Waals surface area contributed by atoms with Crippen molar-refractivity contribution < 1.29 is 14.6 Å². The second-order valence-corrected chi connectivity index (χ2v) is 3.90. The van der Waals surface area contributed by atoms with Crippen LogP contribution in [0.1, 0.15) is 16.7 Å². The number of methoxy groups -OCH3 is 1. The predicted octanol–water partition coefficient (Wildman–Crippen LogP) is 1.30. The molecule has 0 radical (unpaired) electrons. The van der Waals surface area contributed by atoms with E-state index < -0.39 is 0 Å². The number of hydrogen-bond acceptors (Lipinski definition) is 3. The number of fused-ring (bicyclic) bond motifs is 1. The van der Waals surface area contributed by atoms with E-state index in [0.29, 0.717) is 13.1 Å². The number of carbonyl (C=O) groups is 1. The Kier molecular flexibility index (Phi) is 3.10. The molecule has 0 aromatic heterocycles. The topological polar surface area (TPSA) is 49.8 Å². The highest BCUT2D eigenvalue weighted by atomic mass is 16.5. The van der Waals surface area contributed by atoms with Crippen molar-refractivity contribution in [1.29, 1.82) is 0 Å². The molecular formula is C12H15NO3. The summed E-state index contributed by atoms with van der Waals surface area (Å²) in [5.41, 5.74) is 3.27. The van der Waals surface area contributed by atoms with Gasteiger partial charge in [-0.05, 0) is 23.1 Å². The number of nitrogens with zero attached hydrogens (tertiary/aromatic N) is 1. The van der Waals surface area contributed by atoms with Crippen molar-refractivity contribution in [3.8, 4) is 0 Å². The summed E-state index contributed by atoms with van der Waals surface area (Å²) in [7, 11) is 1.40. The quantitative estimate of drug-likeness (QED) is 0.777. The second kappa shape index (κ2) is 4.53. The first kappa shape index (κ1) is 11.0. The Bertz CT molecular complexity index is 403. The molecular weight excluding hydrogens is 206 g/mol. The molecule has 1 aliphatic heterocycles. The fourth-order valence-corrected chi connectivity index (χ4v) is 1.99. The van der Waals surface area contributed by atoms with Crippen LogP contribution in [0.3, 0.4) is 0 Å². The van der Waals surface area contributed by atoms with Gasteiger partial charge in [0.2, 0.25) is 0 Å². The van der Waals surface area contributed by atoms with Gasteiger partial charge in [0.15, 0.2) is 0 Å². The second-order valence-electron chi connectivity index (χ2n) is 3.90. The third-order valence-corrected chi connectivity index (χ3v) is 2.90. The third-order valence-electron chi connectivity index (χ3n) is 2.90. The van der Waals surface area contributed by atoms with Crippen molar-refractivity contribution in [2.75, 3.05) is 13.7 Å². The smallest absolute Gasteiger partial charge is 0.409 e. The largest absolute Gasteiger partial charge is 0.453 e. The molecule has 86 valence electrons. The predicted molar refractivity (Wildman–Crippen MR) is 58.9 cm³/mol. The maximum absolute atomic E-state index is 11.4. The Morgan fingerprint density at radius 3 is 3.00 bits per heavy atom. The van der Waals surface area contributed by atoms with E-state index in [1.807, 2.05) is 18.2 Å². The Morgan fingerprint density at radius 1 is 1.50 bits per heavy atom. The van der Waals surface area contributed by atoms with Crippen LogP contribution in [0.4, 0.5) is 4.79 Å². The minimum Gasteiger partial charge on any atom is -0.453 e. The molecule has 1 aromatic carbocycles. The molecule has 1 amide bonds. The van der Waals surface area contributed by atoms with E-state index in [-0.39, 0.29) is 12.7 Å². The molecule has 1 N–H and O–H groups in total. The molecule has 1 aromatic rings. The molecule has 1 heterocycles. The van der Waals surface area contributed by atoms with Crippen molar-refractivity contribution in [2.24, 2.45) is 0 Å². The van der Waals surface area contributed by atoms with E-state index in [2.05, 4.69) is 0 Å². The number of aliphatic hydroxyl groups is 1. The summed E-state index contributed by atoms with van der Waals surface area (Å²) < 4.78 is 4.70. The van der Waals surface area contributed by atoms with E-state index in [0.717, 1.165) is 17.5 Å². The van der Waals surface area contributed by atoms with Crippen molar-refractivity contribution >= 4 is 6.09 Å². The van der Waals surface area contributed by atoms with Crippen LogP contribution in [0.15, 0.2) is 18.2 Å². The van der Waals surface area contributed by atoms with Gasteiger partial charge < -0.3 is 14.7 Å². The van der Waals surface area contributed by atoms with Gasteiger partial charge in [0, 0.05) is 13.1 Å². The van der Waals surface area contributed by atoms with Crippen molar-refractivity contribution in [1.82, 2.24) is 4.90 Å². The number of rotatable bonds is 1. The van der Waals surface area contributed by atoms with Gasteiger partial charge in [-0.3, -0.25) is 0 Å². The van der Waals surface area contributed by atoms with Crippen molar-refractivity contribution in [2.45, 2.75) is 19.6 Å². The van der Waals surface area contributed by atoms with Gasteiger partial charge in [0.1, 0.15) is 0 Å². The molecule has 4 heteroatoms. The van der Waals surface area contributed by atoms with Crippen LogP contribution in [-0.2, 0) is 24.3 Å². The summed E-state index contributed by atoms with van der Waals surface area (Å²) in [5, 5.41) is 9.03. The Hall–Kier alpha value is -1.55. The fourth-order valence-electron chi connectivity index (χ4n) is 1.99. The minimum absolute atomic E-state index is 0.0635. The lowest BCUT2D eigenvalue weighted by Gasteiger charge is -2.27. The zero-order valence-corrected chi connectivity index (χ0v) is 9.27. The van der Waals surface area contributed by atoms with Crippen LogP contribution in [0.5, 0.6) is 0 Å². The summed E-state index contributed by atoms with van der Waals surface area (Å²) >= 11 is 0. The molecule has 0 fully saturated rings. The molecule has 2 rings (SSSR count). The van der Waals surface area contributed by atoms with E-state index in [1.165, 1.54) is 12.7 Å². The van der Waals surface area contributed by atoms with Gasteiger partial charge in [0.05, 0.1) is 13.7 Å². The summed E-state index contributed by atoms with van der Waals surface area (Å²) in [6, 6.07) is 5.86. The van der Waals surface area contributed by atoms with Crippen LogP contribution in [-0.4, -0.2) is 29.8 Å². The lowest BCUT2D eigenvalue weighted by Crippen LogP contribution is -2.35. The van der Waals surface area contributed by atoms with E-state index in [4.69, 9.17) is 9.84 Å². The molecule has 0 unspecified atom stereocenters. The molecule has 0 spiro atoms. The number of ether oxygens (including phenoxy) is 1. The molecule has 0 atom stereocenters. The maximum atomic E-state index is 11.4. The van der Waals surface area contributed by atoms with Crippen molar-refractivity contribution in [3.63, 3.8) is 0 Å². The van der Waals surface area contributed by atoms with Gasteiger partial charge in [0.25, 0.3) is 0 Å². The molecule has 0 saturated carbocycles. The zero-order chi connectivity index (χ0) is 11.5. The Labute approximate surface area is 94.4 Å². The molecule has 0 bridgehead atoms. The highest BCUT2D eigenvalue weighted by molar-refractivity contribution is 5.68. The summed E-state index contributed by atoms with van der Waals surface area (Å²) in [6.07, 6.45) is 0.537. The zero-order valence-electron chi connectivity index (χ0n) is 9.27. The van der Waals surface area contributed by atoms with Gasteiger partial charge in [-0.2, -0.15) is 0 Å². The van der Waals surface area contributed by atoms with Crippen LogP contribution in [0.25, 0.3) is 0 Å². The Morgan fingerprint density at radius 2 is 2.31 bits per heavy atom. The van der Waals surface area contributed by atoms with Gasteiger partial charge in [-0.25, -0.2) is 4.79 Å². The number of hydrogen-bond donors (Lipinski definition) is 1. The lowest BCUT2D eigenvalue weighted by molar-refractivity contribution is 0.118. The molecule has 4 nitrogen and oxygen atoms in total.